The van der Waals surface area contributed by atoms with Crippen LogP contribution in [0.1, 0.15) is 31.7 Å². The van der Waals surface area contributed by atoms with Gasteiger partial charge in [0, 0.05) is 18.7 Å². The molecule has 1 aromatic rings. The van der Waals surface area contributed by atoms with Crippen molar-refractivity contribution in [2.75, 3.05) is 13.1 Å². The molecule has 90 valence electrons. The Morgan fingerprint density at radius 1 is 1.38 bits per heavy atom. The summed E-state index contributed by atoms with van der Waals surface area (Å²) < 4.78 is 2.07. The molecule has 0 amide bonds. The third-order valence-electron chi connectivity index (χ3n) is 2.52. The smallest absolute Gasteiger partial charge is 0.0596 e. The minimum atomic E-state index is 0.953. The standard InChI is InChI=1S/C13H23N3/c1-4-14-10-8-6-7-9-13-11-12(3)15-16(13)5-2/h6-7,11,14H,4-5,8-10H2,1-3H3. The van der Waals surface area contributed by atoms with Gasteiger partial charge in [-0.3, -0.25) is 4.68 Å². The second-order valence-electron chi connectivity index (χ2n) is 3.91. The Hall–Kier alpha value is -1.09. The highest BCUT2D eigenvalue weighted by Crippen LogP contribution is 2.05. The van der Waals surface area contributed by atoms with Crippen LogP contribution in [0.5, 0.6) is 0 Å². The maximum Gasteiger partial charge on any atom is 0.0596 e. The lowest BCUT2D eigenvalue weighted by atomic mass is 10.2. The summed E-state index contributed by atoms with van der Waals surface area (Å²) in [4.78, 5) is 0. The third-order valence-corrected chi connectivity index (χ3v) is 2.52. The summed E-state index contributed by atoms with van der Waals surface area (Å²) in [7, 11) is 0. The second-order valence-corrected chi connectivity index (χ2v) is 3.91. The molecule has 0 saturated heterocycles. The van der Waals surface area contributed by atoms with Crippen molar-refractivity contribution in [1.29, 1.82) is 0 Å². The summed E-state index contributed by atoms with van der Waals surface area (Å²) in [6.45, 7) is 9.38. The molecule has 0 bridgehead atoms. The number of hydrogen-bond donors (Lipinski definition) is 1. The van der Waals surface area contributed by atoms with Crippen molar-refractivity contribution < 1.29 is 0 Å². The van der Waals surface area contributed by atoms with Crippen LogP contribution < -0.4 is 5.32 Å². The molecular formula is C13H23N3. The molecule has 3 nitrogen and oxygen atoms in total. The van der Waals surface area contributed by atoms with Gasteiger partial charge < -0.3 is 5.32 Å². The lowest BCUT2D eigenvalue weighted by molar-refractivity contribution is 0.626. The van der Waals surface area contributed by atoms with Crippen LogP contribution in [0.25, 0.3) is 0 Å². The summed E-state index contributed by atoms with van der Waals surface area (Å²) >= 11 is 0. The molecule has 0 aliphatic rings. The highest BCUT2D eigenvalue weighted by atomic mass is 15.3. The third kappa shape index (κ3) is 4.19. The Labute approximate surface area is 98.5 Å². The van der Waals surface area contributed by atoms with Gasteiger partial charge in [-0.05, 0) is 39.4 Å². The second kappa shape index (κ2) is 7.23. The highest BCUT2D eigenvalue weighted by molar-refractivity contribution is 5.12. The normalized spacial score (nSPS) is 11.4. The van der Waals surface area contributed by atoms with Crippen LogP contribution in [0.4, 0.5) is 0 Å². The maximum atomic E-state index is 4.43. The van der Waals surface area contributed by atoms with Crippen molar-refractivity contribution in [1.82, 2.24) is 15.1 Å². The fraction of sp³-hybridized carbons (Fsp3) is 0.615. The van der Waals surface area contributed by atoms with Gasteiger partial charge in [0.1, 0.15) is 0 Å². The molecule has 3 heteroatoms. The van der Waals surface area contributed by atoms with Gasteiger partial charge in [0.05, 0.1) is 5.69 Å². The van der Waals surface area contributed by atoms with E-state index < -0.39 is 0 Å². The monoisotopic (exact) mass is 221 g/mol. The van der Waals surface area contributed by atoms with Crippen LogP contribution in [-0.4, -0.2) is 22.9 Å². The zero-order valence-electron chi connectivity index (χ0n) is 10.7. The SMILES string of the molecule is CCNCCC=CCc1cc(C)nn1CC. The number of aromatic nitrogens is 2. The van der Waals surface area contributed by atoms with E-state index in [0.29, 0.717) is 0 Å². The molecule has 0 spiro atoms. The lowest BCUT2D eigenvalue weighted by Crippen LogP contribution is -2.12. The van der Waals surface area contributed by atoms with Crippen molar-refractivity contribution in [3.63, 3.8) is 0 Å². The summed E-state index contributed by atoms with van der Waals surface area (Å²) in [5, 5.41) is 7.73. The molecule has 16 heavy (non-hydrogen) atoms. The van der Waals surface area contributed by atoms with E-state index in [-0.39, 0.29) is 0 Å². The van der Waals surface area contributed by atoms with Crippen LogP contribution in [0.2, 0.25) is 0 Å². The van der Waals surface area contributed by atoms with Crippen molar-refractivity contribution in [3.8, 4) is 0 Å². The Kier molecular flexibility index (Phi) is 5.86. The van der Waals surface area contributed by atoms with E-state index in [4.69, 9.17) is 0 Å². The van der Waals surface area contributed by atoms with E-state index in [2.05, 4.69) is 47.2 Å². The van der Waals surface area contributed by atoms with Gasteiger partial charge in [-0.15, -0.1) is 0 Å². The molecular weight excluding hydrogens is 198 g/mol. The number of nitrogens with one attached hydrogen (secondary N) is 1. The van der Waals surface area contributed by atoms with Crippen LogP contribution in [0.15, 0.2) is 18.2 Å². The lowest BCUT2D eigenvalue weighted by Gasteiger charge is -2.00. The minimum absolute atomic E-state index is 0.953. The fourth-order valence-corrected chi connectivity index (χ4v) is 1.72. The van der Waals surface area contributed by atoms with E-state index in [9.17, 15) is 0 Å². The van der Waals surface area contributed by atoms with Gasteiger partial charge >= 0.3 is 0 Å². The Morgan fingerprint density at radius 2 is 2.19 bits per heavy atom. The molecule has 1 rings (SSSR count). The summed E-state index contributed by atoms with van der Waals surface area (Å²) in [5.41, 5.74) is 2.41. The van der Waals surface area contributed by atoms with Crippen molar-refractivity contribution in [2.45, 2.75) is 40.2 Å². The van der Waals surface area contributed by atoms with Gasteiger partial charge in [0.2, 0.25) is 0 Å². The molecule has 0 aromatic carbocycles. The van der Waals surface area contributed by atoms with E-state index in [1.165, 1.54) is 5.69 Å². The fourth-order valence-electron chi connectivity index (χ4n) is 1.72. The molecule has 0 unspecified atom stereocenters. The average Bonchev–Trinajstić information content (AvgIpc) is 2.64. The predicted octanol–water partition coefficient (Wildman–Crippen LogP) is 2.31. The maximum absolute atomic E-state index is 4.43. The van der Waals surface area contributed by atoms with Crippen LogP contribution in [0.3, 0.4) is 0 Å². The first-order chi connectivity index (χ1) is 7.77. The summed E-state index contributed by atoms with van der Waals surface area (Å²) in [5.74, 6) is 0. The van der Waals surface area contributed by atoms with Crippen LogP contribution >= 0.6 is 0 Å². The Morgan fingerprint density at radius 3 is 2.88 bits per heavy atom. The van der Waals surface area contributed by atoms with Gasteiger partial charge in [0.15, 0.2) is 0 Å². The molecule has 0 radical (unpaired) electrons. The molecule has 0 atom stereocenters. The first-order valence-corrected chi connectivity index (χ1v) is 6.17. The highest BCUT2D eigenvalue weighted by Gasteiger charge is 2.00. The van der Waals surface area contributed by atoms with Crippen LogP contribution in [0, 0.1) is 6.92 Å². The van der Waals surface area contributed by atoms with Crippen LogP contribution in [-0.2, 0) is 13.0 Å². The molecule has 1 aromatic heterocycles. The van der Waals surface area contributed by atoms with E-state index >= 15 is 0 Å². The largest absolute Gasteiger partial charge is 0.317 e. The molecule has 0 fully saturated rings. The first-order valence-electron chi connectivity index (χ1n) is 6.17. The van der Waals surface area contributed by atoms with Gasteiger partial charge in [-0.1, -0.05) is 19.1 Å². The predicted molar refractivity (Wildman–Crippen MR) is 68.6 cm³/mol. The number of aryl methyl sites for hydroxylation is 2. The van der Waals surface area contributed by atoms with E-state index in [1.807, 2.05) is 6.92 Å². The number of allylic oxidation sites excluding steroid dienone is 1. The van der Waals surface area contributed by atoms with Crippen molar-refractivity contribution >= 4 is 0 Å². The zero-order valence-corrected chi connectivity index (χ0v) is 10.7. The number of nitrogens with zero attached hydrogens (tertiary/aromatic N) is 2. The minimum Gasteiger partial charge on any atom is -0.317 e. The summed E-state index contributed by atoms with van der Waals surface area (Å²) in [6.07, 6.45) is 6.57. The first kappa shape index (κ1) is 13.0. The van der Waals surface area contributed by atoms with Crippen molar-refractivity contribution in [2.24, 2.45) is 0 Å². The molecule has 0 saturated carbocycles. The number of hydrogen-bond acceptors (Lipinski definition) is 2. The average molecular weight is 221 g/mol. The van der Waals surface area contributed by atoms with Gasteiger partial charge in [-0.2, -0.15) is 5.10 Å². The van der Waals surface area contributed by atoms with Gasteiger partial charge in [-0.25, -0.2) is 0 Å². The zero-order chi connectivity index (χ0) is 11.8. The molecule has 1 N–H and O–H groups in total. The van der Waals surface area contributed by atoms with E-state index in [1.54, 1.807) is 0 Å². The van der Waals surface area contributed by atoms with Crippen molar-refractivity contribution in [3.05, 3.63) is 29.6 Å². The summed E-state index contributed by atoms with van der Waals surface area (Å²) in [6, 6.07) is 2.16. The number of rotatable bonds is 7. The molecule has 0 aliphatic carbocycles. The topological polar surface area (TPSA) is 29.9 Å². The molecule has 0 aliphatic heterocycles. The van der Waals surface area contributed by atoms with Gasteiger partial charge in [0.25, 0.3) is 0 Å². The Bertz CT molecular complexity index is 326. The van der Waals surface area contributed by atoms with E-state index in [0.717, 1.165) is 38.2 Å². The molecule has 1 heterocycles. The quantitative estimate of drug-likeness (QED) is 0.565. The Balaban J connectivity index is 2.35.